The van der Waals surface area contributed by atoms with Gasteiger partial charge in [-0.15, -0.1) is 0 Å². The number of aromatic nitrogens is 1. The van der Waals surface area contributed by atoms with Crippen LogP contribution in [0, 0.1) is 0 Å². The second kappa shape index (κ2) is 11.9. The van der Waals surface area contributed by atoms with Gasteiger partial charge in [-0.3, -0.25) is 0 Å². The Bertz CT molecular complexity index is 224. The van der Waals surface area contributed by atoms with Crippen LogP contribution >= 0.6 is 11.6 Å². The average Bonchev–Trinajstić information content (AvgIpc) is 2.23. The first-order chi connectivity index (χ1) is 6.74. The van der Waals surface area contributed by atoms with Gasteiger partial charge >= 0.3 is 0 Å². The molecule has 0 radical (unpaired) electrons. The maximum Gasteiger partial charge on any atom is 0.125 e. The van der Waals surface area contributed by atoms with Crippen LogP contribution < -0.4 is 5.32 Å². The Balaban J connectivity index is 0. The zero-order chi connectivity index (χ0) is 11.4. The molecule has 0 aliphatic heterocycles. The molecule has 0 unspecified atom stereocenters. The van der Waals surface area contributed by atoms with E-state index in [-0.39, 0.29) is 0 Å². The maximum atomic E-state index is 8.81. The monoisotopic (exact) mass is 216 g/mol. The molecule has 0 aliphatic carbocycles. The minimum Gasteiger partial charge on any atom is -0.373 e. The van der Waals surface area contributed by atoms with Crippen LogP contribution in [0.5, 0.6) is 0 Å². The predicted octanol–water partition coefficient (Wildman–Crippen LogP) is 3.01. The smallest absolute Gasteiger partial charge is 0.125 e. The van der Waals surface area contributed by atoms with E-state index in [0.29, 0.717) is 5.02 Å². The standard InChI is InChI=1S/C6H7ClN2.C2H4O.C2H6/c1-8-6-3-2-5(7)4-9-6;1-2-3;1-2/h2-4H,1H3,(H,8,9);2H,1H3;1-2H3. The van der Waals surface area contributed by atoms with Crippen LogP contribution in [0.3, 0.4) is 0 Å². The Morgan fingerprint density at radius 2 is 1.93 bits per heavy atom. The highest BCUT2D eigenvalue weighted by Gasteiger charge is 1.86. The summed E-state index contributed by atoms with van der Waals surface area (Å²) in [6.45, 7) is 5.44. The van der Waals surface area contributed by atoms with Gasteiger partial charge < -0.3 is 10.1 Å². The number of carbonyl (C=O) groups excluding carboxylic acids is 1. The maximum absolute atomic E-state index is 8.81. The highest BCUT2D eigenvalue weighted by atomic mass is 35.5. The first-order valence-electron chi connectivity index (χ1n) is 4.43. The van der Waals surface area contributed by atoms with Crippen molar-refractivity contribution in [1.82, 2.24) is 4.98 Å². The number of pyridine rings is 1. The van der Waals surface area contributed by atoms with Gasteiger partial charge in [-0.2, -0.15) is 0 Å². The number of aldehydes is 1. The minimum atomic E-state index is 0.661. The van der Waals surface area contributed by atoms with Crippen LogP contribution in [0.2, 0.25) is 5.02 Å². The van der Waals surface area contributed by atoms with Gasteiger partial charge in [-0.05, 0) is 19.1 Å². The fourth-order valence-electron chi connectivity index (χ4n) is 0.524. The zero-order valence-corrected chi connectivity index (χ0v) is 9.80. The van der Waals surface area contributed by atoms with E-state index in [0.717, 1.165) is 12.1 Å². The summed E-state index contributed by atoms with van der Waals surface area (Å²) in [6, 6.07) is 3.61. The number of hydrogen-bond acceptors (Lipinski definition) is 3. The van der Waals surface area contributed by atoms with Crippen molar-refractivity contribution in [2.45, 2.75) is 20.8 Å². The van der Waals surface area contributed by atoms with Crippen molar-refractivity contribution in [2.75, 3.05) is 12.4 Å². The largest absolute Gasteiger partial charge is 0.373 e. The molecule has 0 saturated carbocycles. The lowest BCUT2D eigenvalue weighted by molar-refractivity contribution is -0.106. The summed E-state index contributed by atoms with van der Waals surface area (Å²) in [6.07, 6.45) is 2.35. The molecule has 0 saturated heterocycles. The topological polar surface area (TPSA) is 42.0 Å². The lowest BCUT2D eigenvalue weighted by Gasteiger charge is -1.95. The summed E-state index contributed by atoms with van der Waals surface area (Å²) >= 11 is 5.58. The van der Waals surface area contributed by atoms with Crippen LogP contribution in [-0.2, 0) is 4.79 Å². The van der Waals surface area contributed by atoms with Gasteiger partial charge in [0.05, 0.1) is 5.02 Å². The van der Waals surface area contributed by atoms with Crippen LogP contribution in [-0.4, -0.2) is 18.3 Å². The Labute approximate surface area is 90.5 Å². The van der Waals surface area contributed by atoms with E-state index >= 15 is 0 Å². The summed E-state index contributed by atoms with van der Waals surface area (Å²) in [5.74, 6) is 0.833. The second-order valence-electron chi connectivity index (χ2n) is 1.85. The second-order valence-corrected chi connectivity index (χ2v) is 2.28. The number of hydrogen-bond donors (Lipinski definition) is 1. The molecule has 3 nitrogen and oxygen atoms in total. The number of nitrogens with one attached hydrogen (secondary N) is 1. The van der Waals surface area contributed by atoms with E-state index < -0.39 is 0 Å². The van der Waals surface area contributed by atoms with Gasteiger partial charge in [0.25, 0.3) is 0 Å². The Hall–Kier alpha value is -1.09. The molecule has 0 fully saturated rings. The lowest BCUT2D eigenvalue weighted by atomic mass is 10.5. The summed E-state index contributed by atoms with van der Waals surface area (Å²) < 4.78 is 0. The molecule has 0 bridgehead atoms. The third-order valence-corrected chi connectivity index (χ3v) is 1.21. The van der Waals surface area contributed by atoms with Gasteiger partial charge in [0.1, 0.15) is 12.1 Å². The van der Waals surface area contributed by atoms with Gasteiger partial charge in [-0.25, -0.2) is 4.98 Å². The Morgan fingerprint density at radius 3 is 2.21 bits per heavy atom. The molecule has 1 N–H and O–H groups in total. The predicted molar refractivity (Wildman–Crippen MR) is 61.9 cm³/mol. The third-order valence-electron chi connectivity index (χ3n) is 0.984. The van der Waals surface area contributed by atoms with E-state index in [4.69, 9.17) is 16.4 Å². The first kappa shape index (κ1) is 15.4. The van der Waals surface area contributed by atoms with Crippen LogP contribution in [0.25, 0.3) is 0 Å². The number of carbonyl (C=O) groups is 1. The summed E-state index contributed by atoms with van der Waals surface area (Å²) in [7, 11) is 1.82. The first-order valence-corrected chi connectivity index (χ1v) is 4.81. The molecule has 80 valence electrons. The molecular formula is C10H17ClN2O. The van der Waals surface area contributed by atoms with Crippen LogP contribution in [0.4, 0.5) is 5.82 Å². The molecular weight excluding hydrogens is 200 g/mol. The molecule has 0 aromatic carbocycles. The summed E-state index contributed by atoms with van der Waals surface area (Å²) in [4.78, 5) is 12.8. The lowest BCUT2D eigenvalue weighted by Crippen LogP contribution is -1.89. The van der Waals surface area contributed by atoms with E-state index in [1.807, 2.05) is 27.0 Å². The van der Waals surface area contributed by atoms with Crippen molar-refractivity contribution < 1.29 is 4.79 Å². The molecule has 1 aromatic rings. The fraction of sp³-hybridized carbons (Fsp3) is 0.400. The van der Waals surface area contributed by atoms with Gasteiger partial charge in [-0.1, -0.05) is 25.4 Å². The molecule has 1 aromatic heterocycles. The quantitative estimate of drug-likeness (QED) is 0.734. The van der Waals surface area contributed by atoms with Gasteiger partial charge in [0.15, 0.2) is 0 Å². The SMILES string of the molecule is CC.CC=O.CNc1ccc(Cl)cn1. The van der Waals surface area contributed by atoms with Crippen molar-refractivity contribution in [2.24, 2.45) is 0 Å². The van der Waals surface area contributed by atoms with E-state index in [1.165, 1.54) is 6.92 Å². The van der Waals surface area contributed by atoms with Gasteiger partial charge in [0, 0.05) is 13.2 Å². The van der Waals surface area contributed by atoms with Crippen molar-refractivity contribution in [3.05, 3.63) is 23.4 Å². The molecule has 0 spiro atoms. The number of nitrogens with zero attached hydrogens (tertiary/aromatic N) is 1. The molecule has 4 heteroatoms. The summed E-state index contributed by atoms with van der Waals surface area (Å²) in [5.41, 5.74) is 0. The molecule has 1 rings (SSSR count). The number of rotatable bonds is 1. The third kappa shape index (κ3) is 9.00. The minimum absolute atomic E-state index is 0.661. The summed E-state index contributed by atoms with van der Waals surface area (Å²) in [5, 5.41) is 3.55. The zero-order valence-electron chi connectivity index (χ0n) is 9.04. The van der Waals surface area contributed by atoms with E-state index in [9.17, 15) is 0 Å². The molecule has 0 atom stereocenters. The normalized spacial score (nSPS) is 7.21. The van der Waals surface area contributed by atoms with E-state index in [1.54, 1.807) is 12.3 Å². The van der Waals surface area contributed by atoms with Crippen molar-refractivity contribution >= 4 is 23.7 Å². The van der Waals surface area contributed by atoms with Crippen molar-refractivity contribution in [1.29, 1.82) is 0 Å². The molecule has 14 heavy (non-hydrogen) atoms. The molecule has 0 aliphatic rings. The average molecular weight is 217 g/mol. The van der Waals surface area contributed by atoms with Crippen molar-refractivity contribution in [3.63, 3.8) is 0 Å². The van der Waals surface area contributed by atoms with Crippen LogP contribution in [0.15, 0.2) is 18.3 Å². The number of halogens is 1. The molecule has 1 heterocycles. The van der Waals surface area contributed by atoms with E-state index in [2.05, 4.69) is 10.3 Å². The highest BCUT2D eigenvalue weighted by Crippen LogP contribution is 2.07. The number of anilines is 1. The van der Waals surface area contributed by atoms with Gasteiger partial charge in [0.2, 0.25) is 0 Å². The van der Waals surface area contributed by atoms with Crippen LogP contribution in [0.1, 0.15) is 20.8 Å². The highest BCUT2D eigenvalue weighted by molar-refractivity contribution is 6.30. The van der Waals surface area contributed by atoms with Crippen molar-refractivity contribution in [3.8, 4) is 0 Å². The Kier molecular flexibility index (Phi) is 13.1. The Morgan fingerprint density at radius 1 is 1.43 bits per heavy atom. The molecule has 0 amide bonds. The fourth-order valence-corrected chi connectivity index (χ4v) is 0.635.